The average molecular weight is 362 g/mol. The molecule has 3 aromatic carbocycles. The number of rotatable bonds is 4. The normalized spacial score (nSPS) is 11.9. The molecule has 0 aliphatic rings. The maximum atomic E-state index is 14.4. The van der Waals surface area contributed by atoms with Crippen LogP contribution in [0.25, 0.3) is 22.8 Å². The van der Waals surface area contributed by atoms with Crippen molar-refractivity contribution in [1.29, 1.82) is 0 Å². The van der Waals surface area contributed by atoms with Gasteiger partial charge in [0.1, 0.15) is 11.6 Å². The van der Waals surface area contributed by atoms with Gasteiger partial charge in [0.2, 0.25) is 0 Å². The van der Waals surface area contributed by atoms with Crippen LogP contribution in [0.1, 0.15) is 48.9 Å². The van der Waals surface area contributed by atoms with E-state index in [1.165, 1.54) is 17.7 Å². The molecule has 138 valence electrons. The molecule has 0 saturated heterocycles. The topological polar surface area (TPSA) is 0 Å². The van der Waals surface area contributed by atoms with Gasteiger partial charge in [0.05, 0.1) is 0 Å². The van der Waals surface area contributed by atoms with E-state index in [1.54, 1.807) is 6.08 Å². The second-order valence-corrected chi connectivity index (χ2v) is 7.32. The lowest BCUT2D eigenvalue weighted by atomic mass is 9.97. The quantitative estimate of drug-likeness (QED) is 0.419. The molecular formula is C25H24F2. The molecule has 0 heterocycles. The van der Waals surface area contributed by atoms with Crippen molar-refractivity contribution in [3.8, 4) is 11.1 Å². The third kappa shape index (κ3) is 4.33. The Morgan fingerprint density at radius 3 is 1.78 bits per heavy atom. The van der Waals surface area contributed by atoms with E-state index in [1.807, 2.05) is 45.0 Å². The van der Waals surface area contributed by atoms with Gasteiger partial charge in [0.25, 0.3) is 0 Å². The third-order valence-electron chi connectivity index (χ3n) is 4.85. The lowest BCUT2D eigenvalue weighted by molar-refractivity contribution is 0.572. The Hall–Kier alpha value is -2.74. The molecule has 0 unspecified atom stereocenters. The van der Waals surface area contributed by atoms with Gasteiger partial charge >= 0.3 is 0 Å². The zero-order valence-corrected chi connectivity index (χ0v) is 16.2. The maximum Gasteiger partial charge on any atom is 0.133 e. The van der Waals surface area contributed by atoms with Crippen LogP contribution in [0.2, 0.25) is 0 Å². The van der Waals surface area contributed by atoms with Crippen LogP contribution in [-0.4, -0.2) is 0 Å². The highest BCUT2D eigenvalue weighted by atomic mass is 19.1. The molecule has 0 aromatic heterocycles. The van der Waals surface area contributed by atoms with E-state index < -0.39 is 11.6 Å². The van der Waals surface area contributed by atoms with Gasteiger partial charge in [0.15, 0.2) is 0 Å². The lowest BCUT2D eigenvalue weighted by Gasteiger charge is -2.10. The molecule has 0 N–H and O–H groups in total. The number of allylic oxidation sites excluding steroid dienone is 1. The van der Waals surface area contributed by atoms with Crippen LogP contribution in [0.15, 0.2) is 60.7 Å². The monoisotopic (exact) mass is 362 g/mol. The largest absolute Gasteiger partial charge is 0.206 e. The Morgan fingerprint density at radius 2 is 1.30 bits per heavy atom. The molecule has 0 aliphatic carbocycles. The Kier molecular flexibility index (Phi) is 5.55. The van der Waals surface area contributed by atoms with Crippen LogP contribution in [0.4, 0.5) is 8.78 Å². The number of hydrogen-bond donors (Lipinski definition) is 0. The first-order chi connectivity index (χ1) is 12.8. The molecule has 0 atom stereocenters. The van der Waals surface area contributed by atoms with Crippen LogP contribution in [0.3, 0.4) is 0 Å². The fourth-order valence-electron chi connectivity index (χ4n) is 3.05. The van der Waals surface area contributed by atoms with E-state index in [9.17, 15) is 8.78 Å². The summed E-state index contributed by atoms with van der Waals surface area (Å²) in [5.41, 5.74) is 5.93. The lowest BCUT2D eigenvalue weighted by Crippen LogP contribution is -1.96. The number of hydrogen-bond acceptors (Lipinski definition) is 0. The molecule has 0 amide bonds. The van der Waals surface area contributed by atoms with Crippen molar-refractivity contribution in [2.24, 2.45) is 0 Å². The molecule has 27 heavy (non-hydrogen) atoms. The summed E-state index contributed by atoms with van der Waals surface area (Å²) in [4.78, 5) is 0. The van der Waals surface area contributed by atoms with Crippen LogP contribution in [-0.2, 0) is 0 Å². The second kappa shape index (κ2) is 7.87. The summed E-state index contributed by atoms with van der Waals surface area (Å²) in [7, 11) is 0. The minimum atomic E-state index is -0.519. The van der Waals surface area contributed by atoms with E-state index in [2.05, 4.69) is 31.2 Å². The molecule has 3 aromatic rings. The van der Waals surface area contributed by atoms with Gasteiger partial charge in [-0.25, -0.2) is 8.78 Å². The Balaban J connectivity index is 1.89. The maximum absolute atomic E-state index is 14.4. The molecule has 0 saturated carbocycles. The van der Waals surface area contributed by atoms with Crippen LogP contribution >= 0.6 is 0 Å². The minimum Gasteiger partial charge on any atom is -0.206 e. The van der Waals surface area contributed by atoms with E-state index >= 15 is 0 Å². The van der Waals surface area contributed by atoms with Crippen molar-refractivity contribution in [1.82, 2.24) is 0 Å². The summed E-state index contributed by atoms with van der Waals surface area (Å²) in [5, 5.41) is 0. The van der Waals surface area contributed by atoms with Crippen molar-refractivity contribution in [2.75, 3.05) is 0 Å². The summed E-state index contributed by atoms with van der Waals surface area (Å²) >= 11 is 0. The summed E-state index contributed by atoms with van der Waals surface area (Å²) in [6, 6.07) is 19.2. The zero-order valence-electron chi connectivity index (χ0n) is 16.2. The van der Waals surface area contributed by atoms with Gasteiger partial charge in [-0.3, -0.25) is 0 Å². The highest BCUT2D eigenvalue weighted by Gasteiger charge is 2.12. The molecule has 2 heteroatoms. The summed E-state index contributed by atoms with van der Waals surface area (Å²) < 4.78 is 28.8. The molecule has 0 bridgehead atoms. The van der Waals surface area contributed by atoms with E-state index in [4.69, 9.17) is 0 Å². The van der Waals surface area contributed by atoms with Gasteiger partial charge in [-0.15, -0.1) is 0 Å². The molecule has 0 radical (unpaired) electrons. The van der Waals surface area contributed by atoms with Gasteiger partial charge in [0, 0.05) is 5.56 Å². The first-order valence-electron chi connectivity index (χ1n) is 9.20. The van der Waals surface area contributed by atoms with Crippen molar-refractivity contribution in [3.05, 3.63) is 94.6 Å². The van der Waals surface area contributed by atoms with Crippen LogP contribution < -0.4 is 0 Å². The molecule has 0 nitrogen and oxygen atoms in total. The zero-order chi connectivity index (χ0) is 19.6. The van der Waals surface area contributed by atoms with Gasteiger partial charge in [-0.05, 0) is 65.8 Å². The minimum absolute atomic E-state index is 0.0134. The predicted octanol–water partition coefficient (Wildman–Crippen LogP) is 7.62. The van der Waals surface area contributed by atoms with E-state index in [0.717, 1.165) is 22.3 Å². The van der Waals surface area contributed by atoms with Crippen molar-refractivity contribution in [3.63, 3.8) is 0 Å². The average Bonchev–Trinajstić information content (AvgIpc) is 2.65. The number of benzene rings is 3. The highest BCUT2D eigenvalue weighted by molar-refractivity contribution is 5.81. The predicted molar refractivity (Wildman–Crippen MR) is 111 cm³/mol. The van der Waals surface area contributed by atoms with Crippen LogP contribution in [0.5, 0.6) is 0 Å². The fourth-order valence-corrected chi connectivity index (χ4v) is 3.05. The van der Waals surface area contributed by atoms with Gasteiger partial charge in [-0.2, -0.15) is 0 Å². The Morgan fingerprint density at radius 1 is 0.815 bits per heavy atom. The standard InChI is InChI=1S/C25H24F2/c1-16(2)22-14-24(26)23(25(27)15-22)13-18(4)19-9-11-21(12-10-19)20-7-5-17(3)6-8-20/h5-16H,1-4H3. The summed E-state index contributed by atoms with van der Waals surface area (Å²) in [5.74, 6) is -0.953. The first-order valence-corrected chi connectivity index (χ1v) is 9.20. The van der Waals surface area contributed by atoms with Crippen molar-refractivity contribution < 1.29 is 8.78 Å². The van der Waals surface area contributed by atoms with E-state index in [-0.39, 0.29) is 11.5 Å². The van der Waals surface area contributed by atoms with Crippen molar-refractivity contribution in [2.45, 2.75) is 33.6 Å². The molecule has 0 spiro atoms. The molecular weight excluding hydrogens is 338 g/mol. The first kappa shape index (κ1) is 19.0. The Bertz CT molecular complexity index is 939. The highest BCUT2D eigenvalue weighted by Crippen LogP contribution is 2.27. The van der Waals surface area contributed by atoms with Gasteiger partial charge in [-0.1, -0.05) is 67.9 Å². The SMILES string of the molecule is CC(=Cc1c(F)cc(C(C)C)cc1F)c1ccc(-c2ccc(C)cc2)cc1. The van der Waals surface area contributed by atoms with Crippen LogP contribution in [0, 0.1) is 18.6 Å². The summed E-state index contributed by atoms with van der Waals surface area (Å²) in [6.07, 6.45) is 1.58. The second-order valence-electron chi connectivity index (χ2n) is 7.32. The smallest absolute Gasteiger partial charge is 0.133 e. The molecule has 0 fully saturated rings. The van der Waals surface area contributed by atoms with Crippen molar-refractivity contribution >= 4 is 11.6 Å². The molecule has 3 rings (SSSR count). The number of aryl methyl sites for hydroxylation is 1. The molecule has 0 aliphatic heterocycles. The van der Waals surface area contributed by atoms with Gasteiger partial charge < -0.3 is 0 Å². The van der Waals surface area contributed by atoms with E-state index in [0.29, 0.717) is 5.56 Å². The Labute approximate surface area is 160 Å². The summed E-state index contributed by atoms with van der Waals surface area (Å²) in [6.45, 7) is 7.78. The third-order valence-corrected chi connectivity index (χ3v) is 4.85. The number of halogens is 2. The fraction of sp³-hybridized carbons (Fsp3) is 0.200.